The lowest BCUT2D eigenvalue weighted by Gasteiger charge is -2.25. The molecule has 0 aliphatic heterocycles. The van der Waals surface area contributed by atoms with Crippen molar-refractivity contribution < 1.29 is 38.7 Å². The zero-order valence-corrected chi connectivity index (χ0v) is 24.6. The van der Waals surface area contributed by atoms with E-state index in [2.05, 4.69) is 26.3 Å². The van der Waals surface area contributed by atoms with E-state index in [0.29, 0.717) is 5.75 Å². The van der Waals surface area contributed by atoms with Crippen LogP contribution >= 0.6 is 11.8 Å². The van der Waals surface area contributed by atoms with Gasteiger partial charge in [-0.05, 0) is 36.5 Å². The van der Waals surface area contributed by atoms with Crippen LogP contribution in [0.15, 0.2) is 30.5 Å². The van der Waals surface area contributed by atoms with Crippen LogP contribution in [0.3, 0.4) is 0 Å². The van der Waals surface area contributed by atoms with E-state index in [4.69, 9.17) is 11.5 Å². The maximum atomic E-state index is 13.4. The summed E-state index contributed by atoms with van der Waals surface area (Å²) in [5.74, 6) is -5.77. The third-order valence-corrected chi connectivity index (χ3v) is 7.03. The SMILES string of the molecule is CSCC[C@H](NC(=O)[C@H](Cc1c[nH]c2ccccc12)NC(C)=O)C(=O)N[C@@H](CC(=O)O)C(=O)N[C@@H](CCC(N)=O)C(N)=O. The van der Waals surface area contributed by atoms with Crippen LogP contribution in [-0.4, -0.2) is 87.7 Å². The number of amides is 6. The molecule has 6 amide bonds. The Morgan fingerprint density at radius 1 is 0.860 bits per heavy atom. The molecule has 0 fully saturated rings. The van der Waals surface area contributed by atoms with Gasteiger partial charge in [0.15, 0.2) is 0 Å². The molecule has 0 aliphatic rings. The maximum Gasteiger partial charge on any atom is 0.305 e. The van der Waals surface area contributed by atoms with Crippen molar-refractivity contribution in [1.29, 1.82) is 0 Å². The van der Waals surface area contributed by atoms with Crippen LogP contribution < -0.4 is 32.7 Å². The molecule has 16 heteroatoms. The number of carbonyl (C=O) groups is 7. The van der Waals surface area contributed by atoms with Gasteiger partial charge in [0.05, 0.1) is 6.42 Å². The molecule has 43 heavy (non-hydrogen) atoms. The highest BCUT2D eigenvalue weighted by Crippen LogP contribution is 2.19. The number of nitrogens with two attached hydrogens (primary N) is 2. The number of aromatic nitrogens is 1. The van der Waals surface area contributed by atoms with Crippen molar-refractivity contribution in [3.63, 3.8) is 0 Å². The molecule has 4 atom stereocenters. The molecule has 0 spiro atoms. The fraction of sp³-hybridized carbons (Fsp3) is 0.444. The minimum atomic E-state index is -1.65. The van der Waals surface area contributed by atoms with E-state index in [9.17, 15) is 38.7 Å². The lowest BCUT2D eigenvalue weighted by Crippen LogP contribution is -2.58. The molecule has 0 saturated heterocycles. The van der Waals surface area contributed by atoms with Gasteiger partial charge in [0.2, 0.25) is 35.4 Å². The Bertz CT molecular complexity index is 1350. The molecule has 1 aromatic heterocycles. The molecule has 234 valence electrons. The van der Waals surface area contributed by atoms with Crippen LogP contribution in [-0.2, 0) is 40.0 Å². The predicted octanol–water partition coefficient (Wildman–Crippen LogP) is -1.35. The Morgan fingerprint density at radius 3 is 2.07 bits per heavy atom. The van der Waals surface area contributed by atoms with Crippen LogP contribution in [0, 0.1) is 0 Å². The number of fused-ring (bicyclic) bond motifs is 1. The van der Waals surface area contributed by atoms with Gasteiger partial charge in [-0.2, -0.15) is 11.8 Å². The number of carbonyl (C=O) groups excluding carboxylic acids is 6. The van der Waals surface area contributed by atoms with E-state index in [0.717, 1.165) is 16.5 Å². The lowest BCUT2D eigenvalue weighted by atomic mass is 10.0. The number of aliphatic carboxylic acids is 1. The fourth-order valence-electron chi connectivity index (χ4n) is 4.25. The highest BCUT2D eigenvalue weighted by atomic mass is 32.2. The largest absolute Gasteiger partial charge is 0.481 e. The number of benzene rings is 1. The van der Waals surface area contributed by atoms with Crippen molar-refractivity contribution in [2.75, 3.05) is 12.0 Å². The number of para-hydroxylation sites is 1. The van der Waals surface area contributed by atoms with E-state index in [1.807, 2.05) is 24.3 Å². The average molecular weight is 620 g/mol. The second kappa shape index (κ2) is 16.7. The Hall–Kier alpha value is -4.60. The number of rotatable bonds is 18. The number of hydrogen-bond acceptors (Lipinski definition) is 8. The summed E-state index contributed by atoms with van der Waals surface area (Å²) in [6.07, 6.45) is 2.38. The zero-order valence-electron chi connectivity index (χ0n) is 23.8. The molecule has 0 saturated carbocycles. The van der Waals surface area contributed by atoms with E-state index in [-0.39, 0.29) is 25.7 Å². The topological polar surface area (TPSA) is 256 Å². The molecule has 10 N–H and O–H groups in total. The van der Waals surface area contributed by atoms with Gasteiger partial charge in [-0.3, -0.25) is 33.6 Å². The molecule has 2 rings (SSSR count). The highest BCUT2D eigenvalue weighted by Gasteiger charge is 2.32. The van der Waals surface area contributed by atoms with Gasteiger partial charge in [-0.25, -0.2) is 0 Å². The van der Waals surface area contributed by atoms with Crippen molar-refractivity contribution in [3.05, 3.63) is 36.0 Å². The third-order valence-electron chi connectivity index (χ3n) is 6.39. The van der Waals surface area contributed by atoms with Crippen LogP contribution in [0.2, 0.25) is 0 Å². The smallest absolute Gasteiger partial charge is 0.305 e. The number of carboxylic acid groups (broad SMARTS) is 1. The molecule has 0 aliphatic carbocycles. The first-order valence-corrected chi connectivity index (χ1v) is 14.7. The van der Waals surface area contributed by atoms with Crippen LogP contribution in [0.4, 0.5) is 0 Å². The van der Waals surface area contributed by atoms with Gasteiger partial charge in [0.1, 0.15) is 24.2 Å². The molecule has 15 nitrogen and oxygen atoms in total. The number of primary amides is 2. The number of hydrogen-bond donors (Lipinski definition) is 8. The van der Waals surface area contributed by atoms with E-state index >= 15 is 0 Å². The molecule has 0 radical (unpaired) electrons. The van der Waals surface area contributed by atoms with Crippen LogP contribution in [0.5, 0.6) is 0 Å². The fourth-order valence-corrected chi connectivity index (χ4v) is 4.72. The van der Waals surface area contributed by atoms with Crippen molar-refractivity contribution in [2.45, 2.75) is 63.2 Å². The van der Waals surface area contributed by atoms with Crippen LogP contribution in [0.25, 0.3) is 10.9 Å². The van der Waals surface area contributed by atoms with Crippen molar-refractivity contribution in [3.8, 4) is 0 Å². The Labute approximate surface area is 251 Å². The first-order valence-electron chi connectivity index (χ1n) is 13.3. The van der Waals surface area contributed by atoms with Crippen LogP contribution in [0.1, 0.15) is 38.2 Å². The Morgan fingerprint density at radius 2 is 1.47 bits per heavy atom. The number of nitrogens with one attached hydrogen (secondary N) is 5. The van der Waals surface area contributed by atoms with Gasteiger partial charge in [0.25, 0.3) is 0 Å². The molecule has 1 aromatic carbocycles. The lowest BCUT2D eigenvalue weighted by molar-refractivity contribution is -0.141. The van der Waals surface area contributed by atoms with Crippen molar-refractivity contribution in [2.24, 2.45) is 11.5 Å². The first-order chi connectivity index (χ1) is 20.3. The van der Waals surface area contributed by atoms with Gasteiger partial charge >= 0.3 is 5.97 Å². The minimum Gasteiger partial charge on any atom is -0.481 e. The minimum absolute atomic E-state index is 0.107. The normalized spacial score (nSPS) is 13.6. The second-order valence-corrected chi connectivity index (χ2v) is 10.8. The Balaban J connectivity index is 2.23. The summed E-state index contributed by atoms with van der Waals surface area (Å²) in [6.45, 7) is 1.26. The average Bonchev–Trinajstić information content (AvgIpc) is 3.34. The van der Waals surface area contributed by atoms with Gasteiger partial charge < -0.3 is 42.8 Å². The third kappa shape index (κ3) is 11.3. The monoisotopic (exact) mass is 619 g/mol. The summed E-state index contributed by atoms with van der Waals surface area (Å²) in [7, 11) is 0. The number of carboxylic acids is 1. The number of H-pyrrole nitrogens is 1. The summed E-state index contributed by atoms with van der Waals surface area (Å²) in [5, 5.41) is 20.0. The number of thioether (sulfide) groups is 1. The zero-order chi connectivity index (χ0) is 32.1. The summed E-state index contributed by atoms with van der Waals surface area (Å²) >= 11 is 1.39. The second-order valence-electron chi connectivity index (χ2n) is 9.79. The highest BCUT2D eigenvalue weighted by molar-refractivity contribution is 7.98. The van der Waals surface area contributed by atoms with Crippen molar-refractivity contribution in [1.82, 2.24) is 26.3 Å². The maximum absolute atomic E-state index is 13.4. The van der Waals surface area contributed by atoms with E-state index in [1.165, 1.54) is 18.7 Å². The molecule has 2 aromatic rings. The molecule has 0 bridgehead atoms. The molecule has 0 unspecified atom stereocenters. The standard InChI is InChI=1S/C27H37N7O8S/c1-14(35)31-20(11-15-13-30-17-6-4-3-5-16(15)17)26(41)33-19(9-10-43-2)25(40)34-21(12-23(37)38)27(42)32-18(24(29)39)7-8-22(28)36/h3-6,13,18-21,30H,7-12H2,1-2H3,(H2,28,36)(H2,29,39)(H,31,35)(H,32,42)(H,33,41)(H,34,40)(H,37,38)/t18-,19-,20-,21-/m0/s1. The molecular weight excluding hydrogens is 582 g/mol. The first kappa shape index (κ1) is 34.6. The van der Waals surface area contributed by atoms with Gasteiger partial charge in [-0.1, -0.05) is 18.2 Å². The number of aromatic amines is 1. The summed E-state index contributed by atoms with van der Waals surface area (Å²) in [6, 6.07) is 2.16. The van der Waals surface area contributed by atoms with E-state index in [1.54, 1.807) is 12.5 Å². The van der Waals surface area contributed by atoms with Crippen molar-refractivity contribution >= 4 is 64.1 Å². The Kier molecular flexibility index (Phi) is 13.5. The van der Waals surface area contributed by atoms with E-state index < -0.39 is 72.0 Å². The predicted molar refractivity (Wildman–Crippen MR) is 158 cm³/mol. The molecule has 1 heterocycles. The van der Waals surface area contributed by atoms with Gasteiger partial charge in [0, 0.05) is 36.9 Å². The summed E-state index contributed by atoms with van der Waals surface area (Å²) < 4.78 is 0. The summed E-state index contributed by atoms with van der Waals surface area (Å²) in [5.41, 5.74) is 12.0. The quantitative estimate of drug-likeness (QED) is 0.0979. The molecular formula is C27H37N7O8S. The van der Waals surface area contributed by atoms with Gasteiger partial charge in [-0.15, -0.1) is 0 Å². The summed E-state index contributed by atoms with van der Waals surface area (Å²) in [4.78, 5) is 89.0.